The van der Waals surface area contributed by atoms with Gasteiger partial charge in [0.15, 0.2) is 0 Å². The van der Waals surface area contributed by atoms with Gasteiger partial charge in [-0.15, -0.1) is 0 Å². The number of ether oxygens (including phenoxy) is 1. The first-order chi connectivity index (χ1) is 10.6. The van der Waals surface area contributed by atoms with Crippen molar-refractivity contribution in [3.8, 4) is 0 Å². The molecule has 2 aromatic carbocycles. The number of hydrogen-bond donors (Lipinski definition) is 2. The Morgan fingerprint density at radius 3 is 2.64 bits per heavy atom. The maximum Gasteiger partial charge on any atom is 0.339 e. The summed E-state index contributed by atoms with van der Waals surface area (Å²) in [5, 5.41) is 5.41. The quantitative estimate of drug-likeness (QED) is 0.833. The topological polar surface area (TPSA) is 67.4 Å². The number of esters is 1. The molecule has 114 valence electrons. The molecule has 5 nitrogen and oxygen atoms in total. The van der Waals surface area contributed by atoms with Gasteiger partial charge in [0, 0.05) is 11.4 Å². The van der Waals surface area contributed by atoms with Crippen LogP contribution in [-0.4, -0.2) is 25.5 Å². The minimum atomic E-state index is -0.492. The van der Waals surface area contributed by atoms with E-state index in [1.807, 2.05) is 0 Å². The predicted molar refractivity (Wildman–Crippen MR) is 81.3 cm³/mol. The number of benzene rings is 2. The van der Waals surface area contributed by atoms with Gasteiger partial charge in [-0.1, -0.05) is 18.2 Å². The van der Waals surface area contributed by atoms with Crippen LogP contribution in [0.15, 0.2) is 48.5 Å². The van der Waals surface area contributed by atoms with Crippen LogP contribution in [0, 0.1) is 5.82 Å². The van der Waals surface area contributed by atoms with Crippen LogP contribution in [0.25, 0.3) is 0 Å². The molecular weight excluding hydrogens is 287 g/mol. The Bertz CT molecular complexity index is 689. The molecule has 0 heterocycles. The summed E-state index contributed by atoms with van der Waals surface area (Å²) >= 11 is 0. The number of amides is 1. The average Bonchev–Trinajstić information content (AvgIpc) is 2.52. The number of nitrogens with one attached hydrogen (secondary N) is 2. The molecule has 2 aromatic rings. The molecule has 0 aliphatic rings. The lowest BCUT2D eigenvalue weighted by molar-refractivity contribution is -0.114. The molecule has 22 heavy (non-hydrogen) atoms. The molecule has 0 saturated heterocycles. The number of anilines is 2. The summed E-state index contributed by atoms with van der Waals surface area (Å²) in [5.74, 6) is -1.28. The summed E-state index contributed by atoms with van der Waals surface area (Å²) in [4.78, 5) is 23.4. The minimum Gasteiger partial charge on any atom is -0.465 e. The molecule has 0 saturated carbocycles. The van der Waals surface area contributed by atoms with Crippen molar-refractivity contribution in [3.05, 3.63) is 59.9 Å². The van der Waals surface area contributed by atoms with Gasteiger partial charge in [0.05, 0.1) is 19.2 Å². The van der Waals surface area contributed by atoms with Crippen LogP contribution in [0.2, 0.25) is 0 Å². The zero-order valence-corrected chi connectivity index (χ0v) is 11.9. The second-order valence-corrected chi connectivity index (χ2v) is 4.45. The van der Waals surface area contributed by atoms with Crippen LogP contribution in [-0.2, 0) is 9.53 Å². The van der Waals surface area contributed by atoms with Crippen LogP contribution in [0.1, 0.15) is 10.4 Å². The zero-order chi connectivity index (χ0) is 15.9. The molecule has 0 spiro atoms. The molecule has 2 rings (SSSR count). The van der Waals surface area contributed by atoms with Crippen LogP contribution < -0.4 is 10.6 Å². The SMILES string of the molecule is COC(=O)c1ccccc1NCC(=O)Nc1cccc(F)c1. The van der Waals surface area contributed by atoms with Crippen molar-refractivity contribution in [2.24, 2.45) is 0 Å². The number of halogens is 1. The summed E-state index contributed by atoms with van der Waals surface area (Å²) < 4.78 is 17.7. The lowest BCUT2D eigenvalue weighted by Gasteiger charge is -2.11. The second-order valence-electron chi connectivity index (χ2n) is 4.45. The Balaban J connectivity index is 1.98. The zero-order valence-electron chi connectivity index (χ0n) is 11.9. The first-order valence-electron chi connectivity index (χ1n) is 6.57. The molecule has 0 fully saturated rings. The van der Waals surface area contributed by atoms with Crippen LogP contribution >= 0.6 is 0 Å². The Kier molecular flexibility index (Phi) is 5.08. The fourth-order valence-electron chi connectivity index (χ4n) is 1.87. The lowest BCUT2D eigenvalue weighted by Crippen LogP contribution is -2.22. The molecular formula is C16H15FN2O3. The summed E-state index contributed by atoms with van der Waals surface area (Å²) in [7, 11) is 1.29. The van der Waals surface area contributed by atoms with E-state index in [-0.39, 0.29) is 12.5 Å². The van der Waals surface area contributed by atoms with Gasteiger partial charge in [-0.2, -0.15) is 0 Å². The predicted octanol–water partition coefficient (Wildman–Crippen LogP) is 2.66. The van der Waals surface area contributed by atoms with Gasteiger partial charge in [0.25, 0.3) is 0 Å². The van der Waals surface area contributed by atoms with Gasteiger partial charge >= 0.3 is 5.97 Å². The Labute approximate surface area is 127 Å². The Morgan fingerprint density at radius 2 is 1.91 bits per heavy atom. The van der Waals surface area contributed by atoms with E-state index in [0.29, 0.717) is 16.9 Å². The molecule has 2 N–H and O–H groups in total. The van der Waals surface area contributed by atoms with Gasteiger partial charge in [-0.05, 0) is 30.3 Å². The van der Waals surface area contributed by atoms with Crippen LogP contribution in [0.3, 0.4) is 0 Å². The van der Waals surface area contributed by atoms with E-state index in [4.69, 9.17) is 0 Å². The van der Waals surface area contributed by atoms with Crippen molar-refractivity contribution in [1.82, 2.24) is 0 Å². The average molecular weight is 302 g/mol. The first kappa shape index (κ1) is 15.5. The highest BCUT2D eigenvalue weighted by Gasteiger charge is 2.11. The molecule has 0 atom stereocenters. The fourth-order valence-corrected chi connectivity index (χ4v) is 1.87. The minimum absolute atomic E-state index is 0.0650. The highest BCUT2D eigenvalue weighted by atomic mass is 19.1. The number of carbonyl (C=O) groups is 2. The number of para-hydroxylation sites is 1. The molecule has 0 unspecified atom stereocenters. The number of carbonyl (C=O) groups excluding carboxylic acids is 2. The van der Waals surface area contributed by atoms with Crippen molar-refractivity contribution in [3.63, 3.8) is 0 Å². The van der Waals surface area contributed by atoms with Gasteiger partial charge in [-0.25, -0.2) is 9.18 Å². The number of hydrogen-bond acceptors (Lipinski definition) is 4. The number of methoxy groups -OCH3 is 1. The standard InChI is InChI=1S/C16H15FN2O3/c1-22-16(21)13-7-2-3-8-14(13)18-10-15(20)19-12-6-4-5-11(17)9-12/h2-9,18H,10H2,1H3,(H,19,20). The third-order valence-corrected chi connectivity index (χ3v) is 2.88. The molecule has 6 heteroatoms. The van der Waals surface area contributed by atoms with E-state index >= 15 is 0 Å². The van der Waals surface area contributed by atoms with Crippen molar-refractivity contribution in [1.29, 1.82) is 0 Å². The van der Waals surface area contributed by atoms with E-state index in [9.17, 15) is 14.0 Å². The molecule has 0 bridgehead atoms. The largest absolute Gasteiger partial charge is 0.465 e. The molecule has 0 aromatic heterocycles. The summed E-state index contributed by atoms with van der Waals surface area (Å²) in [5.41, 5.74) is 1.19. The Hall–Kier alpha value is -2.89. The summed E-state index contributed by atoms with van der Waals surface area (Å²) in [6, 6.07) is 12.3. The molecule has 1 amide bonds. The first-order valence-corrected chi connectivity index (χ1v) is 6.57. The lowest BCUT2D eigenvalue weighted by atomic mass is 10.2. The highest BCUT2D eigenvalue weighted by Crippen LogP contribution is 2.16. The maximum atomic E-state index is 13.0. The molecule has 0 aliphatic carbocycles. The monoisotopic (exact) mass is 302 g/mol. The van der Waals surface area contributed by atoms with Crippen molar-refractivity contribution in [2.45, 2.75) is 0 Å². The van der Waals surface area contributed by atoms with Gasteiger partial charge in [0.2, 0.25) is 5.91 Å². The summed E-state index contributed by atoms with van der Waals surface area (Å²) in [6.45, 7) is -0.0650. The van der Waals surface area contributed by atoms with E-state index in [1.54, 1.807) is 30.3 Å². The van der Waals surface area contributed by atoms with Gasteiger partial charge in [0.1, 0.15) is 5.82 Å². The second kappa shape index (κ2) is 7.21. The number of rotatable bonds is 5. The van der Waals surface area contributed by atoms with Crippen molar-refractivity contribution < 1.29 is 18.7 Å². The third kappa shape index (κ3) is 4.05. The molecule has 0 aliphatic heterocycles. The van der Waals surface area contributed by atoms with Crippen LogP contribution in [0.5, 0.6) is 0 Å². The normalized spacial score (nSPS) is 9.91. The maximum absolute atomic E-state index is 13.0. The fraction of sp³-hybridized carbons (Fsp3) is 0.125. The van der Waals surface area contributed by atoms with Gasteiger partial charge in [-0.3, -0.25) is 4.79 Å². The highest BCUT2D eigenvalue weighted by molar-refractivity contribution is 5.98. The van der Waals surface area contributed by atoms with E-state index in [2.05, 4.69) is 15.4 Å². The van der Waals surface area contributed by atoms with Gasteiger partial charge < -0.3 is 15.4 Å². The van der Waals surface area contributed by atoms with Crippen LogP contribution in [0.4, 0.5) is 15.8 Å². The van der Waals surface area contributed by atoms with Crippen molar-refractivity contribution in [2.75, 3.05) is 24.3 Å². The molecule has 0 radical (unpaired) electrons. The van der Waals surface area contributed by atoms with Crippen molar-refractivity contribution >= 4 is 23.3 Å². The smallest absolute Gasteiger partial charge is 0.339 e. The van der Waals surface area contributed by atoms with E-state index < -0.39 is 11.8 Å². The van der Waals surface area contributed by atoms with E-state index in [0.717, 1.165) is 0 Å². The summed E-state index contributed by atoms with van der Waals surface area (Å²) in [6.07, 6.45) is 0. The Morgan fingerprint density at radius 1 is 1.14 bits per heavy atom. The third-order valence-electron chi connectivity index (χ3n) is 2.88. The van der Waals surface area contributed by atoms with E-state index in [1.165, 1.54) is 25.3 Å².